The molecule has 2 N–H and O–H groups in total. The molecule has 8 heteroatoms. The summed E-state index contributed by atoms with van der Waals surface area (Å²) in [6.45, 7) is 0.545. The van der Waals surface area contributed by atoms with Gasteiger partial charge in [0, 0.05) is 24.6 Å². The zero-order valence-corrected chi connectivity index (χ0v) is 16.0. The van der Waals surface area contributed by atoms with Crippen LogP contribution in [0.5, 0.6) is 0 Å². The van der Waals surface area contributed by atoms with Gasteiger partial charge < -0.3 is 15.4 Å². The van der Waals surface area contributed by atoms with E-state index in [1.165, 1.54) is 5.56 Å². The van der Waals surface area contributed by atoms with Crippen molar-refractivity contribution in [2.75, 3.05) is 31.2 Å². The van der Waals surface area contributed by atoms with E-state index in [0.717, 1.165) is 17.9 Å². The Morgan fingerprint density at radius 2 is 1.85 bits per heavy atom. The van der Waals surface area contributed by atoms with Crippen molar-refractivity contribution in [3.05, 3.63) is 35.4 Å². The Morgan fingerprint density at radius 3 is 2.50 bits per heavy atom. The molecule has 1 atom stereocenters. The maximum absolute atomic E-state index is 12.2. The summed E-state index contributed by atoms with van der Waals surface area (Å²) in [7, 11) is 0. The first-order valence-corrected chi connectivity index (χ1v) is 10.7. The summed E-state index contributed by atoms with van der Waals surface area (Å²) in [6.07, 6.45) is 1.43. The van der Waals surface area contributed by atoms with Gasteiger partial charge in [-0.3, -0.25) is 9.59 Å². The number of piperidine rings is 1. The summed E-state index contributed by atoms with van der Waals surface area (Å²) in [5.41, 5.74) is 6.94. The van der Waals surface area contributed by atoms with Crippen LogP contribution in [0.2, 0.25) is 0 Å². The predicted octanol–water partition coefficient (Wildman–Crippen LogP) is 2.05. The third-order valence-electron chi connectivity index (χ3n) is 4.54. The Balaban J connectivity index is 1.50. The Hall–Kier alpha value is -1.67. The number of hydrogen-bond acceptors (Lipinski definition) is 6. The quantitative estimate of drug-likeness (QED) is 0.769. The van der Waals surface area contributed by atoms with E-state index in [9.17, 15) is 14.4 Å². The van der Waals surface area contributed by atoms with Crippen molar-refractivity contribution in [3.8, 4) is 0 Å². The van der Waals surface area contributed by atoms with E-state index in [-0.39, 0.29) is 18.4 Å². The van der Waals surface area contributed by atoms with Crippen molar-refractivity contribution in [2.24, 2.45) is 11.7 Å². The van der Waals surface area contributed by atoms with Crippen LogP contribution in [-0.4, -0.2) is 53.9 Å². The van der Waals surface area contributed by atoms with Gasteiger partial charge in [-0.1, -0.05) is 12.1 Å². The van der Waals surface area contributed by atoms with E-state index in [1.807, 2.05) is 35.7 Å². The van der Waals surface area contributed by atoms with Crippen molar-refractivity contribution in [1.82, 2.24) is 4.90 Å². The van der Waals surface area contributed by atoms with Crippen molar-refractivity contribution in [3.63, 3.8) is 0 Å². The molecule has 0 unspecified atom stereocenters. The standard InChI is InChI=1S/C18H22N2O4S2/c19-16(22)14-2-1-7-20(10-14)15(21)11-24-17(23)12-3-5-13(6-4-12)18-25-8-9-26-18/h3-6,14,18H,1-2,7-11H2,(H2,19,22)/t14-/m0/s1. The molecular formula is C18H22N2O4S2. The highest BCUT2D eigenvalue weighted by Crippen LogP contribution is 2.45. The van der Waals surface area contributed by atoms with Crippen molar-refractivity contribution >= 4 is 41.3 Å². The maximum atomic E-state index is 12.2. The van der Waals surface area contributed by atoms with E-state index >= 15 is 0 Å². The van der Waals surface area contributed by atoms with Crippen molar-refractivity contribution in [1.29, 1.82) is 0 Å². The first-order chi connectivity index (χ1) is 12.5. The number of hydrogen-bond donors (Lipinski definition) is 1. The molecule has 3 rings (SSSR count). The number of amides is 2. The van der Waals surface area contributed by atoms with Gasteiger partial charge >= 0.3 is 5.97 Å². The number of benzene rings is 1. The second-order valence-corrected chi connectivity index (χ2v) is 9.08. The molecule has 1 aromatic carbocycles. The smallest absolute Gasteiger partial charge is 0.338 e. The van der Waals surface area contributed by atoms with Gasteiger partial charge in [-0.2, -0.15) is 0 Å². The molecule has 6 nitrogen and oxygen atoms in total. The van der Waals surface area contributed by atoms with E-state index in [4.69, 9.17) is 10.5 Å². The number of carbonyl (C=O) groups excluding carboxylic acids is 3. The van der Waals surface area contributed by atoms with Gasteiger partial charge in [0.15, 0.2) is 6.61 Å². The third kappa shape index (κ3) is 4.73. The molecular weight excluding hydrogens is 372 g/mol. The fourth-order valence-electron chi connectivity index (χ4n) is 3.07. The topological polar surface area (TPSA) is 89.7 Å². The summed E-state index contributed by atoms with van der Waals surface area (Å²) in [5.74, 6) is 0.781. The molecule has 140 valence electrons. The number of nitrogens with zero attached hydrogens (tertiary/aromatic N) is 1. The summed E-state index contributed by atoms with van der Waals surface area (Å²) < 4.78 is 5.58. The Kier molecular flexibility index (Phi) is 6.48. The van der Waals surface area contributed by atoms with E-state index < -0.39 is 11.9 Å². The van der Waals surface area contributed by atoms with Gasteiger partial charge in [0.05, 0.1) is 16.1 Å². The SMILES string of the molecule is NC(=O)[C@H]1CCCN(C(=O)COC(=O)c2ccc(C3SCCS3)cc2)C1. The number of ether oxygens (including phenoxy) is 1. The number of nitrogens with two attached hydrogens (primary N) is 1. The molecule has 0 radical (unpaired) electrons. The molecule has 0 spiro atoms. The van der Waals surface area contributed by atoms with Gasteiger partial charge in [0.1, 0.15) is 0 Å². The monoisotopic (exact) mass is 394 g/mol. The zero-order valence-electron chi connectivity index (χ0n) is 14.4. The number of primary amides is 1. The second-order valence-electron chi connectivity index (χ2n) is 6.35. The molecule has 0 bridgehead atoms. The van der Waals surface area contributed by atoms with Crippen LogP contribution < -0.4 is 5.73 Å². The lowest BCUT2D eigenvalue weighted by molar-refractivity contribution is -0.137. The van der Waals surface area contributed by atoms with Crippen LogP contribution in [0.1, 0.15) is 33.3 Å². The lowest BCUT2D eigenvalue weighted by Gasteiger charge is -2.31. The highest BCUT2D eigenvalue weighted by molar-refractivity contribution is 8.19. The fraction of sp³-hybridized carbons (Fsp3) is 0.500. The molecule has 2 heterocycles. The minimum atomic E-state index is -0.514. The predicted molar refractivity (Wildman–Crippen MR) is 103 cm³/mol. The summed E-state index contributed by atoms with van der Waals surface area (Å²) >= 11 is 3.81. The Bertz CT molecular complexity index is 674. The van der Waals surface area contributed by atoms with Crippen LogP contribution in [0.25, 0.3) is 0 Å². The van der Waals surface area contributed by atoms with Gasteiger partial charge in [-0.25, -0.2) is 4.79 Å². The van der Waals surface area contributed by atoms with Gasteiger partial charge in [-0.15, -0.1) is 23.5 Å². The molecule has 0 aliphatic carbocycles. The molecule has 0 saturated carbocycles. The van der Waals surface area contributed by atoms with E-state index in [1.54, 1.807) is 17.0 Å². The van der Waals surface area contributed by atoms with Crippen LogP contribution in [0, 0.1) is 5.92 Å². The Morgan fingerprint density at radius 1 is 1.15 bits per heavy atom. The normalized spacial score (nSPS) is 20.8. The number of likely N-dealkylation sites (tertiary alicyclic amines) is 1. The van der Waals surface area contributed by atoms with Crippen LogP contribution in [0.15, 0.2) is 24.3 Å². The largest absolute Gasteiger partial charge is 0.452 e. The highest BCUT2D eigenvalue weighted by Gasteiger charge is 2.27. The van der Waals surface area contributed by atoms with Crippen LogP contribution in [0.3, 0.4) is 0 Å². The van der Waals surface area contributed by atoms with E-state index in [2.05, 4.69) is 0 Å². The van der Waals surface area contributed by atoms with Crippen LogP contribution in [0.4, 0.5) is 0 Å². The van der Waals surface area contributed by atoms with Crippen molar-refractivity contribution < 1.29 is 19.1 Å². The summed E-state index contributed by atoms with van der Waals surface area (Å²) in [4.78, 5) is 37.2. The molecule has 2 aliphatic rings. The van der Waals surface area contributed by atoms with Crippen molar-refractivity contribution in [2.45, 2.75) is 17.4 Å². The highest BCUT2D eigenvalue weighted by atomic mass is 32.2. The van der Waals surface area contributed by atoms with Crippen LogP contribution in [-0.2, 0) is 14.3 Å². The summed E-state index contributed by atoms with van der Waals surface area (Å²) in [5, 5.41) is 0. The van der Waals surface area contributed by atoms with Gasteiger partial charge in [-0.05, 0) is 30.5 Å². The number of esters is 1. The average molecular weight is 395 g/mol. The molecule has 1 aromatic rings. The zero-order chi connectivity index (χ0) is 18.5. The molecule has 2 saturated heterocycles. The maximum Gasteiger partial charge on any atom is 0.338 e. The molecule has 2 amide bonds. The van der Waals surface area contributed by atoms with Gasteiger partial charge in [0.2, 0.25) is 5.91 Å². The third-order valence-corrected chi connectivity index (χ3v) is 7.65. The lowest BCUT2D eigenvalue weighted by atomic mass is 9.97. The molecule has 2 fully saturated rings. The minimum Gasteiger partial charge on any atom is -0.452 e. The number of carbonyl (C=O) groups is 3. The molecule has 26 heavy (non-hydrogen) atoms. The van der Waals surface area contributed by atoms with Crippen LogP contribution >= 0.6 is 23.5 Å². The average Bonchev–Trinajstić information content (AvgIpc) is 3.21. The molecule has 2 aliphatic heterocycles. The van der Waals surface area contributed by atoms with E-state index in [0.29, 0.717) is 29.7 Å². The number of rotatable bonds is 5. The summed E-state index contributed by atoms with van der Waals surface area (Å²) in [6, 6.07) is 7.37. The Labute approximate surface area is 161 Å². The van der Waals surface area contributed by atoms with Gasteiger partial charge in [0.25, 0.3) is 5.91 Å². The fourth-order valence-corrected chi connectivity index (χ4v) is 5.92. The minimum absolute atomic E-state index is 0.292. The second kappa shape index (κ2) is 8.81. The lowest BCUT2D eigenvalue weighted by Crippen LogP contribution is -2.45. The molecule has 0 aromatic heterocycles. The number of thioether (sulfide) groups is 2. The first-order valence-electron chi connectivity index (χ1n) is 8.62. The first kappa shape index (κ1) is 19.1.